The first-order chi connectivity index (χ1) is 13.2. The third-order valence-electron chi connectivity index (χ3n) is 4.30. The SMILES string of the molecule is O=C(NCCc1nncn1C1CC1)c1ccc(COc2ccc(Br)cc2)o1. The molecule has 1 fully saturated rings. The van der Waals surface area contributed by atoms with Crippen LogP contribution in [0.4, 0.5) is 0 Å². The first kappa shape index (κ1) is 17.8. The van der Waals surface area contributed by atoms with Crippen molar-refractivity contribution in [2.45, 2.75) is 31.9 Å². The van der Waals surface area contributed by atoms with Crippen molar-refractivity contribution < 1.29 is 13.9 Å². The molecule has 1 aliphatic carbocycles. The van der Waals surface area contributed by atoms with Crippen LogP contribution in [0.15, 0.2) is 51.6 Å². The summed E-state index contributed by atoms with van der Waals surface area (Å²) in [4.78, 5) is 12.2. The number of halogens is 1. The zero-order valence-electron chi connectivity index (χ0n) is 14.6. The molecule has 0 saturated heterocycles. The Morgan fingerprint density at radius 1 is 1.26 bits per heavy atom. The Balaban J connectivity index is 1.25. The number of benzene rings is 1. The second kappa shape index (κ2) is 7.96. The van der Waals surface area contributed by atoms with E-state index in [1.807, 2.05) is 24.3 Å². The third kappa shape index (κ3) is 4.57. The molecule has 2 heterocycles. The summed E-state index contributed by atoms with van der Waals surface area (Å²) in [6.07, 6.45) is 4.76. The van der Waals surface area contributed by atoms with E-state index in [-0.39, 0.29) is 18.3 Å². The predicted octanol–water partition coefficient (Wildman–Crippen LogP) is 3.52. The van der Waals surface area contributed by atoms with Crippen LogP contribution in [0.3, 0.4) is 0 Å². The molecule has 27 heavy (non-hydrogen) atoms. The van der Waals surface area contributed by atoms with Gasteiger partial charge in [0, 0.05) is 23.5 Å². The van der Waals surface area contributed by atoms with Gasteiger partial charge in [0.2, 0.25) is 0 Å². The van der Waals surface area contributed by atoms with Crippen molar-refractivity contribution in [3.63, 3.8) is 0 Å². The van der Waals surface area contributed by atoms with Crippen LogP contribution in [-0.2, 0) is 13.0 Å². The van der Waals surface area contributed by atoms with Crippen molar-refractivity contribution in [3.05, 3.63) is 64.5 Å². The van der Waals surface area contributed by atoms with Crippen molar-refractivity contribution in [1.29, 1.82) is 0 Å². The molecular weight excluding hydrogens is 412 g/mol. The van der Waals surface area contributed by atoms with Crippen LogP contribution in [0.2, 0.25) is 0 Å². The molecule has 1 aliphatic rings. The lowest BCUT2D eigenvalue weighted by molar-refractivity contribution is 0.0922. The molecule has 140 valence electrons. The molecule has 0 radical (unpaired) electrons. The maximum atomic E-state index is 12.2. The molecule has 1 amide bonds. The average molecular weight is 431 g/mol. The second-order valence-electron chi connectivity index (χ2n) is 6.40. The molecule has 1 N–H and O–H groups in total. The Morgan fingerprint density at radius 2 is 2.07 bits per heavy atom. The van der Waals surface area contributed by atoms with Gasteiger partial charge in [-0.15, -0.1) is 10.2 Å². The summed E-state index contributed by atoms with van der Waals surface area (Å²) in [7, 11) is 0. The second-order valence-corrected chi connectivity index (χ2v) is 7.32. The summed E-state index contributed by atoms with van der Waals surface area (Å²) in [5.74, 6) is 2.26. The number of hydrogen-bond acceptors (Lipinski definition) is 5. The molecule has 0 unspecified atom stereocenters. The van der Waals surface area contributed by atoms with E-state index in [4.69, 9.17) is 9.15 Å². The van der Waals surface area contributed by atoms with Gasteiger partial charge in [-0.1, -0.05) is 15.9 Å². The van der Waals surface area contributed by atoms with Crippen LogP contribution >= 0.6 is 15.9 Å². The van der Waals surface area contributed by atoms with E-state index in [0.717, 1.165) is 16.0 Å². The summed E-state index contributed by atoms with van der Waals surface area (Å²) < 4.78 is 14.3. The van der Waals surface area contributed by atoms with Gasteiger partial charge in [-0.2, -0.15) is 0 Å². The van der Waals surface area contributed by atoms with Gasteiger partial charge in [-0.3, -0.25) is 4.79 Å². The maximum Gasteiger partial charge on any atom is 0.287 e. The minimum absolute atomic E-state index is 0.248. The van der Waals surface area contributed by atoms with Crippen LogP contribution in [0.25, 0.3) is 0 Å². The van der Waals surface area contributed by atoms with E-state index in [1.54, 1.807) is 18.5 Å². The molecule has 1 saturated carbocycles. The summed E-state index contributed by atoms with van der Waals surface area (Å²) in [5, 5.41) is 10.9. The maximum absolute atomic E-state index is 12.2. The lowest BCUT2D eigenvalue weighted by Crippen LogP contribution is -2.26. The summed E-state index contributed by atoms with van der Waals surface area (Å²) >= 11 is 3.38. The monoisotopic (exact) mass is 430 g/mol. The zero-order valence-corrected chi connectivity index (χ0v) is 16.2. The van der Waals surface area contributed by atoms with E-state index in [2.05, 4.69) is 36.0 Å². The number of rotatable bonds is 8. The normalized spacial score (nSPS) is 13.5. The standard InChI is InChI=1S/C19H19BrN4O3/c20-13-1-5-15(6-2-13)26-11-16-7-8-17(27-16)19(25)21-10-9-18-23-22-12-24(18)14-3-4-14/h1-2,5-8,12,14H,3-4,9-11H2,(H,21,25). The van der Waals surface area contributed by atoms with Crippen molar-refractivity contribution in [2.24, 2.45) is 0 Å². The minimum atomic E-state index is -0.248. The van der Waals surface area contributed by atoms with E-state index < -0.39 is 0 Å². The predicted molar refractivity (Wildman–Crippen MR) is 102 cm³/mol. The lowest BCUT2D eigenvalue weighted by Gasteiger charge is -2.06. The van der Waals surface area contributed by atoms with E-state index in [9.17, 15) is 4.79 Å². The molecule has 1 aromatic carbocycles. The van der Waals surface area contributed by atoms with Crippen LogP contribution in [0.5, 0.6) is 5.75 Å². The highest BCUT2D eigenvalue weighted by molar-refractivity contribution is 9.10. The van der Waals surface area contributed by atoms with E-state index in [0.29, 0.717) is 24.8 Å². The van der Waals surface area contributed by atoms with Crippen molar-refractivity contribution >= 4 is 21.8 Å². The van der Waals surface area contributed by atoms with Crippen molar-refractivity contribution in [2.75, 3.05) is 6.54 Å². The van der Waals surface area contributed by atoms with Gasteiger partial charge >= 0.3 is 0 Å². The molecule has 0 spiro atoms. The number of ether oxygens (including phenoxy) is 1. The molecule has 0 aliphatic heterocycles. The van der Waals surface area contributed by atoms with Gasteiger partial charge in [0.05, 0.1) is 0 Å². The molecule has 3 aromatic rings. The van der Waals surface area contributed by atoms with Gasteiger partial charge in [-0.25, -0.2) is 0 Å². The third-order valence-corrected chi connectivity index (χ3v) is 4.83. The highest BCUT2D eigenvalue weighted by Gasteiger charge is 2.25. The van der Waals surface area contributed by atoms with Gasteiger partial charge in [0.15, 0.2) is 5.76 Å². The smallest absolute Gasteiger partial charge is 0.287 e. The molecule has 7 nitrogen and oxygen atoms in total. The Bertz CT molecular complexity index is 915. The number of nitrogens with one attached hydrogen (secondary N) is 1. The Labute approximate surface area is 164 Å². The highest BCUT2D eigenvalue weighted by Crippen LogP contribution is 2.35. The van der Waals surface area contributed by atoms with Crippen molar-refractivity contribution in [3.8, 4) is 5.75 Å². The molecule has 8 heteroatoms. The number of carbonyl (C=O) groups excluding carboxylic acids is 1. The Hall–Kier alpha value is -2.61. The zero-order chi connectivity index (χ0) is 18.6. The minimum Gasteiger partial charge on any atom is -0.486 e. The Morgan fingerprint density at radius 3 is 2.85 bits per heavy atom. The van der Waals surface area contributed by atoms with E-state index in [1.165, 1.54) is 12.8 Å². The quantitative estimate of drug-likeness (QED) is 0.590. The van der Waals surface area contributed by atoms with Crippen LogP contribution in [0.1, 0.15) is 41.0 Å². The topological polar surface area (TPSA) is 82.2 Å². The fourth-order valence-electron chi connectivity index (χ4n) is 2.74. The number of carbonyl (C=O) groups is 1. The van der Waals surface area contributed by atoms with Crippen LogP contribution in [-0.4, -0.2) is 27.2 Å². The van der Waals surface area contributed by atoms with Crippen LogP contribution in [0, 0.1) is 0 Å². The largest absolute Gasteiger partial charge is 0.486 e. The van der Waals surface area contributed by atoms with Gasteiger partial charge in [-0.05, 0) is 49.2 Å². The van der Waals surface area contributed by atoms with Crippen LogP contribution < -0.4 is 10.1 Å². The first-order valence-electron chi connectivity index (χ1n) is 8.83. The average Bonchev–Trinajstić information content (AvgIpc) is 3.22. The summed E-state index contributed by atoms with van der Waals surface area (Å²) in [6.45, 7) is 0.745. The lowest BCUT2D eigenvalue weighted by atomic mass is 10.3. The molecule has 4 rings (SSSR count). The summed E-state index contributed by atoms with van der Waals surface area (Å²) in [6, 6.07) is 11.5. The number of amides is 1. The van der Waals surface area contributed by atoms with E-state index >= 15 is 0 Å². The number of hydrogen-bond donors (Lipinski definition) is 1. The molecule has 0 bridgehead atoms. The van der Waals surface area contributed by atoms with Gasteiger partial charge in [0.25, 0.3) is 5.91 Å². The molecule has 2 aromatic heterocycles. The number of aromatic nitrogens is 3. The van der Waals surface area contributed by atoms with Crippen molar-refractivity contribution in [1.82, 2.24) is 20.1 Å². The first-order valence-corrected chi connectivity index (χ1v) is 9.62. The highest BCUT2D eigenvalue weighted by atomic mass is 79.9. The van der Waals surface area contributed by atoms with Gasteiger partial charge in [0.1, 0.15) is 30.3 Å². The summed E-state index contributed by atoms with van der Waals surface area (Å²) in [5.41, 5.74) is 0. The molecule has 0 atom stereocenters. The fourth-order valence-corrected chi connectivity index (χ4v) is 3.01. The number of furan rings is 1. The van der Waals surface area contributed by atoms with Gasteiger partial charge < -0.3 is 19.0 Å². The fraction of sp³-hybridized carbons (Fsp3) is 0.316. The Kier molecular flexibility index (Phi) is 5.24. The number of nitrogens with zero attached hydrogens (tertiary/aromatic N) is 3. The molecular formula is C19H19BrN4O3.